The lowest BCUT2D eigenvalue weighted by atomic mass is 10.2. The number of hydrogen-bond acceptors (Lipinski definition) is 5. The molecule has 0 spiro atoms. The Morgan fingerprint density at radius 1 is 1.33 bits per heavy atom. The van der Waals surface area contributed by atoms with E-state index in [4.69, 9.17) is 4.74 Å². The van der Waals surface area contributed by atoms with Gasteiger partial charge in [0.1, 0.15) is 12.1 Å². The van der Waals surface area contributed by atoms with Gasteiger partial charge < -0.3 is 9.64 Å². The van der Waals surface area contributed by atoms with E-state index in [1.54, 1.807) is 12.5 Å². The van der Waals surface area contributed by atoms with Crippen LogP contribution < -0.4 is 4.90 Å². The Morgan fingerprint density at radius 2 is 2.17 bits per heavy atom. The lowest BCUT2D eigenvalue weighted by Gasteiger charge is -2.26. The highest BCUT2D eigenvalue weighted by Gasteiger charge is 2.09. The fourth-order valence-corrected chi connectivity index (χ4v) is 2.13. The zero-order chi connectivity index (χ0) is 12.6. The van der Waals surface area contributed by atoms with Gasteiger partial charge in [-0.1, -0.05) is 0 Å². The summed E-state index contributed by atoms with van der Waals surface area (Å²) in [7, 11) is 2.08. The molecule has 0 bridgehead atoms. The fraction of sp³-hybridized carbons (Fsp3) is 0.692. The van der Waals surface area contributed by atoms with E-state index in [2.05, 4.69) is 26.8 Å². The topological polar surface area (TPSA) is 41.5 Å². The minimum absolute atomic E-state index is 0.890. The second-order valence-electron chi connectivity index (χ2n) is 4.65. The minimum Gasteiger partial charge on any atom is -0.379 e. The molecule has 0 N–H and O–H groups in total. The molecule has 1 aliphatic heterocycles. The Morgan fingerprint density at radius 3 is 2.89 bits per heavy atom. The van der Waals surface area contributed by atoms with E-state index in [1.807, 2.05) is 6.07 Å². The summed E-state index contributed by atoms with van der Waals surface area (Å²) in [5.41, 5.74) is 0. The molecule has 1 saturated heterocycles. The lowest BCUT2D eigenvalue weighted by molar-refractivity contribution is 0.0372. The largest absolute Gasteiger partial charge is 0.379 e. The number of hydrogen-bond donors (Lipinski definition) is 0. The molecule has 1 aromatic heterocycles. The quantitative estimate of drug-likeness (QED) is 0.705. The highest BCUT2D eigenvalue weighted by atomic mass is 16.5. The molecule has 0 aliphatic carbocycles. The first-order valence-corrected chi connectivity index (χ1v) is 6.63. The van der Waals surface area contributed by atoms with Crippen LogP contribution in [0.4, 0.5) is 5.82 Å². The average molecular weight is 250 g/mol. The summed E-state index contributed by atoms with van der Waals surface area (Å²) in [4.78, 5) is 12.8. The molecular formula is C13H22N4O. The highest BCUT2D eigenvalue weighted by molar-refractivity contribution is 5.34. The number of rotatable bonds is 6. The second kappa shape index (κ2) is 7.28. The molecule has 0 aromatic carbocycles. The molecule has 1 fully saturated rings. The molecule has 2 heterocycles. The van der Waals surface area contributed by atoms with Crippen LogP contribution >= 0.6 is 0 Å². The van der Waals surface area contributed by atoms with Crippen molar-refractivity contribution >= 4 is 5.82 Å². The number of ether oxygens (including phenoxy) is 1. The first-order chi connectivity index (χ1) is 8.86. The van der Waals surface area contributed by atoms with Crippen LogP contribution in [0, 0.1) is 0 Å². The zero-order valence-corrected chi connectivity index (χ0v) is 11.1. The van der Waals surface area contributed by atoms with Crippen LogP contribution in [-0.2, 0) is 4.74 Å². The Labute approximate surface area is 109 Å². The smallest absolute Gasteiger partial charge is 0.131 e. The van der Waals surface area contributed by atoms with Crippen molar-refractivity contribution in [3.8, 4) is 0 Å². The summed E-state index contributed by atoms with van der Waals surface area (Å²) < 4.78 is 5.34. The van der Waals surface area contributed by atoms with Gasteiger partial charge >= 0.3 is 0 Å². The molecule has 18 heavy (non-hydrogen) atoms. The Bertz CT molecular complexity index is 327. The molecule has 1 aromatic rings. The van der Waals surface area contributed by atoms with Gasteiger partial charge in [-0.25, -0.2) is 9.97 Å². The van der Waals surface area contributed by atoms with Crippen LogP contribution in [0.5, 0.6) is 0 Å². The van der Waals surface area contributed by atoms with Gasteiger partial charge in [-0.15, -0.1) is 0 Å². The molecule has 0 unspecified atom stereocenters. The number of morpholine rings is 1. The fourth-order valence-electron chi connectivity index (χ4n) is 2.13. The van der Waals surface area contributed by atoms with Crippen LogP contribution in [0.2, 0.25) is 0 Å². The number of aromatic nitrogens is 2. The van der Waals surface area contributed by atoms with Crippen molar-refractivity contribution < 1.29 is 4.74 Å². The second-order valence-corrected chi connectivity index (χ2v) is 4.65. The maximum Gasteiger partial charge on any atom is 0.131 e. The predicted octanol–water partition coefficient (Wildman–Crippen LogP) is 1.03. The van der Waals surface area contributed by atoms with Gasteiger partial charge in [0.15, 0.2) is 0 Å². The highest BCUT2D eigenvalue weighted by Crippen LogP contribution is 2.07. The van der Waals surface area contributed by atoms with Crippen molar-refractivity contribution in [2.45, 2.75) is 12.8 Å². The normalized spacial score (nSPS) is 16.7. The average Bonchev–Trinajstić information content (AvgIpc) is 2.45. The molecule has 5 heteroatoms. The van der Waals surface area contributed by atoms with E-state index in [0.29, 0.717) is 0 Å². The van der Waals surface area contributed by atoms with E-state index in [-0.39, 0.29) is 0 Å². The summed E-state index contributed by atoms with van der Waals surface area (Å²) in [5, 5.41) is 0. The molecular weight excluding hydrogens is 228 g/mol. The first kappa shape index (κ1) is 13.2. The summed E-state index contributed by atoms with van der Waals surface area (Å²) in [6.07, 6.45) is 5.80. The van der Waals surface area contributed by atoms with Crippen molar-refractivity contribution in [3.63, 3.8) is 0 Å². The Balaban J connectivity index is 1.60. The predicted molar refractivity (Wildman–Crippen MR) is 71.8 cm³/mol. The molecule has 0 saturated carbocycles. The zero-order valence-electron chi connectivity index (χ0n) is 11.1. The first-order valence-electron chi connectivity index (χ1n) is 6.63. The van der Waals surface area contributed by atoms with Gasteiger partial charge in [-0.3, -0.25) is 4.90 Å². The third kappa shape index (κ3) is 4.23. The van der Waals surface area contributed by atoms with Crippen molar-refractivity contribution in [2.75, 3.05) is 51.3 Å². The number of anilines is 1. The van der Waals surface area contributed by atoms with Crippen molar-refractivity contribution in [2.24, 2.45) is 0 Å². The summed E-state index contributed by atoms with van der Waals surface area (Å²) in [6, 6.07) is 1.95. The monoisotopic (exact) mass is 250 g/mol. The van der Waals surface area contributed by atoms with Crippen molar-refractivity contribution in [1.82, 2.24) is 14.9 Å². The van der Waals surface area contributed by atoms with E-state index in [1.165, 1.54) is 19.4 Å². The van der Waals surface area contributed by atoms with Gasteiger partial charge in [-0.2, -0.15) is 0 Å². The molecule has 0 atom stereocenters. The van der Waals surface area contributed by atoms with Crippen LogP contribution in [0.3, 0.4) is 0 Å². The van der Waals surface area contributed by atoms with Crippen molar-refractivity contribution in [3.05, 3.63) is 18.6 Å². The number of unbranched alkanes of at least 4 members (excludes halogenated alkanes) is 1. The van der Waals surface area contributed by atoms with E-state index < -0.39 is 0 Å². The summed E-state index contributed by atoms with van der Waals surface area (Å²) >= 11 is 0. The maximum absolute atomic E-state index is 5.34. The van der Waals surface area contributed by atoms with Gasteiger partial charge in [0, 0.05) is 32.9 Å². The molecule has 2 rings (SSSR count). The van der Waals surface area contributed by atoms with Gasteiger partial charge in [0.05, 0.1) is 13.2 Å². The van der Waals surface area contributed by atoms with Crippen LogP contribution in [0.15, 0.2) is 18.6 Å². The summed E-state index contributed by atoms with van der Waals surface area (Å²) in [6.45, 7) is 6.17. The van der Waals surface area contributed by atoms with Gasteiger partial charge in [-0.05, 0) is 25.5 Å². The molecule has 1 aliphatic rings. The van der Waals surface area contributed by atoms with Crippen LogP contribution in [0.1, 0.15) is 12.8 Å². The van der Waals surface area contributed by atoms with E-state index in [0.717, 1.165) is 38.7 Å². The molecule has 0 amide bonds. The van der Waals surface area contributed by atoms with Gasteiger partial charge in [0.25, 0.3) is 0 Å². The Hall–Kier alpha value is -1.20. The third-order valence-electron chi connectivity index (χ3n) is 3.28. The minimum atomic E-state index is 0.890. The third-order valence-corrected chi connectivity index (χ3v) is 3.28. The molecule has 100 valence electrons. The van der Waals surface area contributed by atoms with E-state index in [9.17, 15) is 0 Å². The molecule has 0 radical (unpaired) electrons. The SMILES string of the molecule is CN(CCCCN1CCOCC1)c1ccncn1. The standard InChI is InChI=1S/C13H22N4O/c1-16(13-4-5-14-12-15-13)6-2-3-7-17-8-10-18-11-9-17/h4-5,12H,2-3,6-11H2,1H3. The van der Waals surface area contributed by atoms with Crippen molar-refractivity contribution in [1.29, 1.82) is 0 Å². The van der Waals surface area contributed by atoms with Crippen LogP contribution in [-0.4, -0.2) is 61.3 Å². The number of nitrogens with zero attached hydrogens (tertiary/aromatic N) is 4. The van der Waals surface area contributed by atoms with Crippen LogP contribution in [0.25, 0.3) is 0 Å². The van der Waals surface area contributed by atoms with E-state index >= 15 is 0 Å². The molecule has 5 nitrogen and oxygen atoms in total. The van der Waals surface area contributed by atoms with Gasteiger partial charge in [0.2, 0.25) is 0 Å². The lowest BCUT2D eigenvalue weighted by Crippen LogP contribution is -2.37. The Kier molecular flexibility index (Phi) is 5.36. The summed E-state index contributed by atoms with van der Waals surface area (Å²) in [5.74, 6) is 0.997. The maximum atomic E-state index is 5.34.